The van der Waals surface area contributed by atoms with Gasteiger partial charge in [-0.1, -0.05) is 26.0 Å². The number of amides is 1. The van der Waals surface area contributed by atoms with Crippen molar-refractivity contribution in [3.05, 3.63) is 24.3 Å². The summed E-state index contributed by atoms with van der Waals surface area (Å²) in [6.07, 6.45) is 0. The number of para-hydroxylation sites is 2. The van der Waals surface area contributed by atoms with Crippen molar-refractivity contribution in [3.8, 4) is 0 Å². The summed E-state index contributed by atoms with van der Waals surface area (Å²) in [6, 6.07) is 8.04. The minimum atomic E-state index is -0.00185. The number of carbonyl (C=O) groups excluding carboxylic acids is 1. The average Bonchev–Trinajstić information content (AvgIpc) is 2.34. The van der Waals surface area contributed by atoms with E-state index in [2.05, 4.69) is 38.8 Å². The Morgan fingerprint density at radius 1 is 1.05 bits per heavy atom. The van der Waals surface area contributed by atoms with Crippen molar-refractivity contribution in [2.24, 2.45) is 5.92 Å². The van der Waals surface area contributed by atoms with E-state index in [1.165, 1.54) is 0 Å². The molecule has 0 aliphatic carbocycles. The number of anilines is 2. The Labute approximate surface area is 117 Å². The summed E-state index contributed by atoms with van der Waals surface area (Å²) in [4.78, 5) is 16.1. The van der Waals surface area contributed by atoms with Crippen LogP contribution >= 0.6 is 0 Å². The molecule has 0 aliphatic heterocycles. The van der Waals surface area contributed by atoms with Gasteiger partial charge in [0.1, 0.15) is 0 Å². The topological polar surface area (TPSA) is 23.6 Å². The summed E-state index contributed by atoms with van der Waals surface area (Å²) in [5, 5.41) is 0. The monoisotopic (exact) mass is 262 g/mol. The Hall–Kier alpha value is -1.51. The van der Waals surface area contributed by atoms with Gasteiger partial charge in [-0.15, -0.1) is 0 Å². The third-order valence-electron chi connectivity index (χ3n) is 3.44. The summed E-state index contributed by atoms with van der Waals surface area (Å²) in [7, 11) is 3.91. The van der Waals surface area contributed by atoms with E-state index in [9.17, 15) is 4.79 Å². The second-order valence-electron chi connectivity index (χ2n) is 6.27. The molecule has 0 saturated heterocycles. The van der Waals surface area contributed by atoms with E-state index < -0.39 is 0 Å². The van der Waals surface area contributed by atoms with Gasteiger partial charge in [-0.3, -0.25) is 4.79 Å². The van der Waals surface area contributed by atoms with Gasteiger partial charge in [-0.05, 0) is 32.9 Å². The molecule has 3 heteroatoms. The third-order valence-corrected chi connectivity index (χ3v) is 3.44. The van der Waals surface area contributed by atoms with Gasteiger partial charge in [-0.25, -0.2) is 0 Å². The van der Waals surface area contributed by atoms with Crippen LogP contribution < -0.4 is 9.80 Å². The number of hydrogen-bond acceptors (Lipinski definition) is 2. The van der Waals surface area contributed by atoms with Crippen LogP contribution in [0.2, 0.25) is 0 Å². The predicted octanol–water partition coefficient (Wildman–Crippen LogP) is 3.54. The van der Waals surface area contributed by atoms with Crippen LogP contribution in [0.1, 0.15) is 34.6 Å². The highest BCUT2D eigenvalue weighted by atomic mass is 16.2. The van der Waals surface area contributed by atoms with Crippen LogP contribution in [0.25, 0.3) is 0 Å². The van der Waals surface area contributed by atoms with E-state index in [4.69, 9.17) is 0 Å². The minimum absolute atomic E-state index is 0.00185. The number of nitrogens with zero attached hydrogens (tertiary/aromatic N) is 2. The molecule has 0 unspecified atom stereocenters. The van der Waals surface area contributed by atoms with E-state index in [-0.39, 0.29) is 17.4 Å². The molecule has 0 aliphatic rings. The fourth-order valence-electron chi connectivity index (χ4n) is 1.90. The molecule has 0 spiro atoms. The van der Waals surface area contributed by atoms with Crippen LogP contribution in [0, 0.1) is 5.92 Å². The van der Waals surface area contributed by atoms with Gasteiger partial charge in [0.2, 0.25) is 5.91 Å². The van der Waals surface area contributed by atoms with Crippen LogP contribution in [0.5, 0.6) is 0 Å². The molecule has 106 valence electrons. The zero-order chi connectivity index (χ0) is 14.8. The molecule has 0 fully saturated rings. The largest absolute Gasteiger partial charge is 0.368 e. The fourth-order valence-corrected chi connectivity index (χ4v) is 1.90. The zero-order valence-corrected chi connectivity index (χ0v) is 13.2. The van der Waals surface area contributed by atoms with E-state index in [0.29, 0.717) is 0 Å². The first-order chi connectivity index (χ1) is 8.66. The number of rotatable bonds is 3. The molecule has 3 nitrogen and oxygen atoms in total. The lowest BCUT2D eigenvalue weighted by molar-refractivity contribution is -0.121. The molecule has 1 rings (SSSR count). The Morgan fingerprint density at radius 2 is 1.53 bits per heavy atom. The highest BCUT2D eigenvalue weighted by Gasteiger charge is 2.23. The summed E-state index contributed by atoms with van der Waals surface area (Å²) in [5.74, 6) is 0.132. The normalized spacial score (nSPS) is 11.6. The zero-order valence-electron chi connectivity index (χ0n) is 13.2. The second kappa shape index (κ2) is 5.64. The van der Waals surface area contributed by atoms with E-state index in [1.54, 1.807) is 4.90 Å². The van der Waals surface area contributed by atoms with Crippen LogP contribution in [-0.2, 0) is 4.79 Å². The first-order valence-corrected chi connectivity index (χ1v) is 6.76. The van der Waals surface area contributed by atoms with Crippen LogP contribution in [0.3, 0.4) is 0 Å². The average molecular weight is 262 g/mol. The molecule has 0 heterocycles. The molecule has 1 amide bonds. The van der Waals surface area contributed by atoms with Crippen molar-refractivity contribution in [2.45, 2.75) is 40.2 Å². The fraction of sp³-hybridized carbons (Fsp3) is 0.562. The highest BCUT2D eigenvalue weighted by molar-refractivity contribution is 5.97. The van der Waals surface area contributed by atoms with Crippen molar-refractivity contribution in [1.82, 2.24) is 0 Å². The summed E-state index contributed by atoms with van der Waals surface area (Å²) in [6.45, 7) is 10.3. The molecule has 0 radical (unpaired) electrons. The summed E-state index contributed by atoms with van der Waals surface area (Å²) in [5.41, 5.74) is 2.04. The lowest BCUT2D eigenvalue weighted by Crippen LogP contribution is -2.40. The maximum atomic E-state index is 12.2. The standard InChI is InChI=1S/C16H26N2O/c1-12(2)15(19)17(6)13-10-8-9-11-14(13)18(7)16(3,4)5/h8-12H,1-7H3. The Morgan fingerprint density at radius 3 is 1.95 bits per heavy atom. The Balaban J connectivity index is 3.20. The molecule has 0 saturated carbocycles. The molecule has 0 bridgehead atoms. The molecular formula is C16H26N2O. The highest BCUT2D eigenvalue weighted by Crippen LogP contribution is 2.32. The van der Waals surface area contributed by atoms with Gasteiger partial charge < -0.3 is 9.80 Å². The SMILES string of the molecule is CC(C)C(=O)N(C)c1ccccc1N(C)C(C)(C)C. The van der Waals surface area contributed by atoms with Gasteiger partial charge in [0.25, 0.3) is 0 Å². The molecule has 0 atom stereocenters. The van der Waals surface area contributed by atoms with Crippen molar-refractivity contribution in [2.75, 3.05) is 23.9 Å². The summed E-state index contributed by atoms with van der Waals surface area (Å²) < 4.78 is 0. The van der Waals surface area contributed by atoms with Crippen molar-refractivity contribution in [1.29, 1.82) is 0 Å². The van der Waals surface area contributed by atoms with E-state index in [0.717, 1.165) is 11.4 Å². The molecule has 0 aromatic heterocycles. The van der Waals surface area contributed by atoms with E-state index in [1.807, 2.05) is 39.1 Å². The van der Waals surface area contributed by atoms with Gasteiger partial charge in [0, 0.05) is 25.6 Å². The Kier molecular flexibility index (Phi) is 4.61. The maximum absolute atomic E-state index is 12.2. The first kappa shape index (κ1) is 15.5. The lowest BCUT2D eigenvalue weighted by Gasteiger charge is -2.37. The molecular weight excluding hydrogens is 236 g/mol. The predicted molar refractivity (Wildman–Crippen MR) is 82.8 cm³/mol. The van der Waals surface area contributed by atoms with Crippen LogP contribution in [0.15, 0.2) is 24.3 Å². The van der Waals surface area contributed by atoms with Gasteiger partial charge >= 0.3 is 0 Å². The van der Waals surface area contributed by atoms with Crippen molar-refractivity contribution >= 4 is 17.3 Å². The quantitative estimate of drug-likeness (QED) is 0.832. The van der Waals surface area contributed by atoms with Gasteiger partial charge in [0.15, 0.2) is 0 Å². The Bertz CT molecular complexity index is 446. The lowest BCUT2D eigenvalue weighted by atomic mass is 10.0. The number of hydrogen-bond donors (Lipinski definition) is 0. The maximum Gasteiger partial charge on any atom is 0.229 e. The smallest absolute Gasteiger partial charge is 0.229 e. The minimum Gasteiger partial charge on any atom is -0.368 e. The van der Waals surface area contributed by atoms with E-state index >= 15 is 0 Å². The molecule has 1 aromatic rings. The van der Waals surface area contributed by atoms with Crippen molar-refractivity contribution < 1.29 is 4.79 Å². The van der Waals surface area contributed by atoms with Gasteiger partial charge in [-0.2, -0.15) is 0 Å². The molecule has 0 N–H and O–H groups in total. The second-order valence-corrected chi connectivity index (χ2v) is 6.27. The van der Waals surface area contributed by atoms with Crippen molar-refractivity contribution in [3.63, 3.8) is 0 Å². The van der Waals surface area contributed by atoms with Crippen LogP contribution in [0.4, 0.5) is 11.4 Å². The number of benzene rings is 1. The van der Waals surface area contributed by atoms with Gasteiger partial charge in [0.05, 0.1) is 11.4 Å². The molecule has 1 aromatic carbocycles. The first-order valence-electron chi connectivity index (χ1n) is 6.76. The third kappa shape index (κ3) is 3.49. The number of carbonyl (C=O) groups is 1. The van der Waals surface area contributed by atoms with Crippen LogP contribution in [-0.4, -0.2) is 25.5 Å². The summed E-state index contributed by atoms with van der Waals surface area (Å²) >= 11 is 0. The molecule has 19 heavy (non-hydrogen) atoms.